The number of hydrogen-bond acceptors (Lipinski definition) is 8. The Hall–Kier alpha value is -4.19. The van der Waals surface area contributed by atoms with Gasteiger partial charge >= 0.3 is 5.97 Å². The minimum Gasteiger partial charge on any atom is -0.463 e. The summed E-state index contributed by atoms with van der Waals surface area (Å²) >= 11 is 0. The lowest BCUT2D eigenvalue weighted by Gasteiger charge is -2.26. The SMILES string of the molecule is CCOC(=O)C1=C(C)OC(N)=C(C#N)C1c1ccc(-c2ncccc2[N+](=O)[O-])cc1. The highest BCUT2D eigenvalue weighted by atomic mass is 16.6. The zero-order chi connectivity index (χ0) is 21.8. The zero-order valence-electron chi connectivity index (χ0n) is 16.3. The van der Waals surface area contributed by atoms with Crippen molar-refractivity contribution in [3.63, 3.8) is 0 Å². The van der Waals surface area contributed by atoms with Gasteiger partial charge in [0.05, 0.1) is 23.0 Å². The predicted molar refractivity (Wildman–Crippen MR) is 106 cm³/mol. The quantitative estimate of drug-likeness (QED) is 0.453. The summed E-state index contributed by atoms with van der Waals surface area (Å²) in [6.07, 6.45) is 1.47. The molecule has 1 atom stereocenters. The molecule has 0 radical (unpaired) electrons. The number of nitrogens with zero attached hydrogens (tertiary/aromatic N) is 3. The number of pyridine rings is 1. The second kappa shape index (κ2) is 8.45. The molecular weight excluding hydrogens is 388 g/mol. The number of carbonyl (C=O) groups is 1. The van der Waals surface area contributed by atoms with E-state index >= 15 is 0 Å². The molecule has 0 amide bonds. The maximum atomic E-state index is 12.6. The van der Waals surface area contributed by atoms with Crippen LogP contribution in [0.15, 0.2) is 65.4 Å². The second-order valence-electron chi connectivity index (χ2n) is 6.37. The third-order valence-corrected chi connectivity index (χ3v) is 4.60. The van der Waals surface area contributed by atoms with E-state index < -0.39 is 16.8 Å². The summed E-state index contributed by atoms with van der Waals surface area (Å²) in [4.78, 5) is 27.4. The minimum atomic E-state index is -0.782. The predicted octanol–water partition coefficient (Wildman–Crippen LogP) is 3.30. The zero-order valence-corrected chi connectivity index (χ0v) is 16.3. The average Bonchev–Trinajstić information content (AvgIpc) is 2.73. The summed E-state index contributed by atoms with van der Waals surface area (Å²) in [5, 5.41) is 20.9. The molecular formula is C21H18N4O5. The first kappa shape index (κ1) is 20.5. The lowest BCUT2D eigenvalue weighted by atomic mass is 9.82. The average molecular weight is 406 g/mol. The summed E-state index contributed by atoms with van der Waals surface area (Å²) in [6.45, 7) is 3.41. The molecule has 9 heteroatoms. The number of nitrogens with two attached hydrogens (primary N) is 1. The van der Waals surface area contributed by atoms with E-state index in [1.807, 2.05) is 6.07 Å². The van der Waals surface area contributed by atoms with Crippen molar-refractivity contribution in [1.82, 2.24) is 4.98 Å². The van der Waals surface area contributed by atoms with E-state index in [0.29, 0.717) is 11.1 Å². The van der Waals surface area contributed by atoms with E-state index in [2.05, 4.69) is 4.98 Å². The van der Waals surface area contributed by atoms with Crippen molar-refractivity contribution in [2.45, 2.75) is 19.8 Å². The van der Waals surface area contributed by atoms with Crippen molar-refractivity contribution in [2.24, 2.45) is 5.73 Å². The fourth-order valence-electron chi connectivity index (χ4n) is 3.29. The molecule has 1 aliphatic heterocycles. The monoisotopic (exact) mass is 406 g/mol. The number of ether oxygens (including phenoxy) is 2. The number of rotatable bonds is 5. The molecule has 9 nitrogen and oxygen atoms in total. The van der Waals surface area contributed by atoms with Crippen molar-refractivity contribution < 1.29 is 19.2 Å². The van der Waals surface area contributed by atoms with Gasteiger partial charge in [0, 0.05) is 17.8 Å². The first-order chi connectivity index (χ1) is 14.4. The second-order valence-corrected chi connectivity index (χ2v) is 6.37. The van der Waals surface area contributed by atoms with Crippen LogP contribution in [0.3, 0.4) is 0 Å². The van der Waals surface area contributed by atoms with Gasteiger partial charge in [-0.05, 0) is 25.5 Å². The molecule has 1 aliphatic rings. The first-order valence-corrected chi connectivity index (χ1v) is 9.04. The van der Waals surface area contributed by atoms with E-state index in [1.165, 1.54) is 18.3 Å². The lowest BCUT2D eigenvalue weighted by molar-refractivity contribution is -0.384. The van der Waals surface area contributed by atoms with Gasteiger partial charge in [-0.3, -0.25) is 10.1 Å². The standard InChI is InChI=1S/C21H18N4O5/c1-3-29-21(26)17-12(2)30-20(23)15(11-22)18(17)13-6-8-14(9-7-13)19-16(25(27)28)5-4-10-24-19/h4-10,18H,3,23H2,1-2H3. The van der Waals surface area contributed by atoms with Crippen molar-refractivity contribution in [2.75, 3.05) is 6.61 Å². The Morgan fingerprint density at radius 2 is 2.07 bits per heavy atom. The van der Waals surface area contributed by atoms with E-state index in [9.17, 15) is 20.2 Å². The van der Waals surface area contributed by atoms with Gasteiger partial charge in [-0.15, -0.1) is 0 Å². The minimum absolute atomic E-state index is 0.0835. The molecule has 0 aliphatic carbocycles. The number of allylic oxidation sites excluding steroid dienone is 2. The summed E-state index contributed by atoms with van der Waals surface area (Å²) in [7, 11) is 0. The van der Waals surface area contributed by atoms with Crippen LogP contribution in [0, 0.1) is 21.4 Å². The maximum absolute atomic E-state index is 12.6. The molecule has 0 fully saturated rings. The molecule has 1 aromatic heterocycles. The highest BCUT2D eigenvalue weighted by molar-refractivity contribution is 5.92. The molecule has 0 bridgehead atoms. The maximum Gasteiger partial charge on any atom is 0.338 e. The number of nitro groups is 1. The topological polar surface area (TPSA) is 141 Å². The smallest absolute Gasteiger partial charge is 0.338 e. The summed E-state index contributed by atoms with van der Waals surface area (Å²) < 4.78 is 10.5. The van der Waals surface area contributed by atoms with Crippen molar-refractivity contribution in [1.29, 1.82) is 5.26 Å². The third-order valence-electron chi connectivity index (χ3n) is 4.60. The Labute approximate surface area is 172 Å². The summed E-state index contributed by atoms with van der Waals surface area (Å²) in [5.41, 5.74) is 7.34. The molecule has 2 N–H and O–H groups in total. The van der Waals surface area contributed by atoms with Crippen molar-refractivity contribution >= 4 is 11.7 Å². The van der Waals surface area contributed by atoms with Gasteiger partial charge in [0.25, 0.3) is 5.69 Å². The van der Waals surface area contributed by atoms with Crippen LogP contribution >= 0.6 is 0 Å². The van der Waals surface area contributed by atoms with Crippen LogP contribution in [0.5, 0.6) is 0 Å². The van der Waals surface area contributed by atoms with Gasteiger partial charge in [-0.2, -0.15) is 5.26 Å². The Bertz CT molecular complexity index is 1110. The first-order valence-electron chi connectivity index (χ1n) is 9.04. The Morgan fingerprint density at radius 1 is 1.37 bits per heavy atom. The van der Waals surface area contributed by atoms with Gasteiger partial charge in [0.2, 0.25) is 5.88 Å². The number of nitriles is 1. The molecule has 152 valence electrons. The normalized spacial score (nSPS) is 16.0. The Kier molecular flexibility index (Phi) is 5.78. The van der Waals surface area contributed by atoms with E-state index in [4.69, 9.17) is 15.2 Å². The fourth-order valence-corrected chi connectivity index (χ4v) is 3.29. The molecule has 0 saturated carbocycles. The van der Waals surface area contributed by atoms with Crippen LogP contribution in [0.4, 0.5) is 5.69 Å². The van der Waals surface area contributed by atoms with Gasteiger partial charge in [-0.25, -0.2) is 9.78 Å². The Morgan fingerprint density at radius 3 is 2.67 bits per heavy atom. The molecule has 1 unspecified atom stereocenters. The number of benzene rings is 1. The van der Waals surface area contributed by atoms with Gasteiger partial charge in [0.15, 0.2) is 0 Å². The molecule has 0 spiro atoms. The van der Waals surface area contributed by atoms with Crippen LogP contribution in [0.2, 0.25) is 0 Å². The molecule has 0 saturated heterocycles. The van der Waals surface area contributed by atoms with Crippen LogP contribution in [-0.4, -0.2) is 22.5 Å². The number of aromatic nitrogens is 1. The fraction of sp³-hybridized carbons (Fsp3) is 0.190. The third kappa shape index (κ3) is 3.71. The van der Waals surface area contributed by atoms with Gasteiger partial charge in [-0.1, -0.05) is 24.3 Å². The molecule has 2 aromatic rings. The highest BCUT2D eigenvalue weighted by Gasteiger charge is 2.36. The van der Waals surface area contributed by atoms with E-state index in [0.717, 1.165) is 0 Å². The molecule has 30 heavy (non-hydrogen) atoms. The van der Waals surface area contributed by atoms with Crippen molar-refractivity contribution in [3.8, 4) is 17.3 Å². The number of esters is 1. The molecule has 1 aromatic carbocycles. The van der Waals surface area contributed by atoms with Crippen molar-refractivity contribution in [3.05, 3.63) is 81.1 Å². The van der Waals surface area contributed by atoms with Crippen LogP contribution in [0.1, 0.15) is 25.3 Å². The van der Waals surface area contributed by atoms with E-state index in [-0.39, 0.29) is 40.8 Å². The summed E-state index contributed by atoms with van der Waals surface area (Å²) in [6, 6.07) is 11.5. The van der Waals surface area contributed by atoms with Crippen LogP contribution in [0.25, 0.3) is 11.3 Å². The highest BCUT2D eigenvalue weighted by Crippen LogP contribution is 2.40. The Balaban J connectivity index is 2.09. The van der Waals surface area contributed by atoms with Crippen LogP contribution in [-0.2, 0) is 14.3 Å². The molecule has 3 rings (SSSR count). The molecule has 2 heterocycles. The lowest BCUT2D eigenvalue weighted by Crippen LogP contribution is -2.25. The summed E-state index contributed by atoms with van der Waals surface area (Å²) in [5.74, 6) is -1.22. The van der Waals surface area contributed by atoms with E-state index in [1.54, 1.807) is 38.1 Å². The van der Waals surface area contributed by atoms with Gasteiger partial charge in [0.1, 0.15) is 23.1 Å². The van der Waals surface area contributed by atoms with Crippen LogP contribution < -0.4 is 5.73 Å². The van der Waals surface area contributed by atoms with Gasteiger partial charge < -0.3 is 15.2 Å². The number of carbonyl (C=O) groups excluding carboxylic acids is 1. The largest absolute Gasteiger partial charge is 0.463 e. The number of hydrogen-bond donors (Lipinski definition) is 1.